The summed E-state index contributed by atoms with van der Waals surface area (Å²) in [6.45, 7) is 5.82. The molecule has 6 nitrogen and oxygen atoms in total. The first-order chi connectivity index (χ1) is 12.5. The van der Waals surface area contributed by atoms with Gasteiger partial charge in [-0.25, -0.2) is 4.68 Å². The smallest absolute Gasteiger partial charge is 0.119 e. The predicted molar refractivity (Wildman–Crippen MR) is 101 cm³/mol. The van der Waals surface area contributed by atoms with Crippen molar-refractivity contribution in [2.24, 2.45) is 0 Å². The minimum absolute atomic E-state index is 0.147. The largest absolute Gasteiger partial charge is 0.497 e. The molecule has 1 fully saturated rings. The third kappa shape index (κ3) is 4.83. The van der Waals surface area contributed by atoms with Crippen LogP contribution < -0.4 is 4.74 Å². The molecule has 0 saturated heterocycles. The van der Waals surface area contributed by atoms with Gasteiger partial charge in [-0.05, 0) is 57.2 Å². The number of methoxy groups -OCH3 is 1. The second-order valence-corrected chi connectivity index (χ2v) is 7.50. The highest BCUT2D eigenvalue weighted by Gasteiger charge is 2.26. The van der Waals surface area contributed by atoms with Gasteiger partial charge in [0.05, 0.1) is 25.1 Å². The van der Waals surface area contributed by atoms with Gasteiger partial charge in [0.2, 0.25) is 0 Å². The molecule has 0 bridgehead atoms. The molecule has 0 aliphatic heterocycles. The van der Waals surface area contributed by atoms with Gasteiger partial charge in [0, 0.05) is 25.2 Å². The van der Waals surface area contributed by atoms with Crippen LogP contribution in [0.2, 0.25) is 0 Å². The highest BCUT2D eigenvalue weighted by Crippen LogP contribution is 2.26. The molecule has 0 radical (unpaired) electrons. The van der Waals surface area contributed by atoms with Gasteiger partial charge >= 0.3 is 0 Å². The van der Waals surface area contributed by atoms with Gasteiger partial charge in [-0.15, -0.1) is 5.10 Å². The molecule has 1 aliphatic rings. The van der Waals surface area contributed by atoms with Gasteiger partial charge in [0.15, 0.2) is 0 Å². The molecule has 1 heterocycles. The van der Waals surface area contributed by atoms with Gasteiger partial charge in [0.25, 0.3) is 0 Å². The summed E-state index contributed by atoms with van der Waals surface area (Å²) in [7, 11) is 1.70. The Hall–Kier alpha value is -1.92. The molecule has 6 heteroatoms. The van der Waals surface area contributed by atoms with E-state index < -0.39 is 0 Å². The number of ether oxygens (including phenoxy) is 1. The quantitative estimate of drug-likeness (QED) is 0.824. The molecule has 0 atom stereocenters. The molecule has 0 unspecified atom stereocenters. The molecule has 26 heavy (non-hydrogen) atoms. The minimum Gasteiger partial charge on any atom is -0.497 e. The Balaban J connectivity index is 1.76. The Morgan fingerprint density at radius 2 is 2.00 bits per heavy atom. The third-order valence-electron chi connectivity index (χ3n) is 5.15. The van der Waals surface area contributed by atoms with Crippen LogP contribution in [0.15, 0.2) is 30.5 Å². The lowest BCUT2D eigenvalue weighted by molar-refractivity contribution is 0.0659. The predicted octanol–water partition coefficient (Wildman–Crippen LogP) is 3.17. The molecule has 3 rings (SSSR count). The van der Waals surface area contributed by atoms with Crippen molar-refractivity contribution in [1.29, 1.82) is 0 Å². The minimum atomic E-state index is -0.147. The van der Waals surface area contributed by atoms with Crippen molar-refractivity contribution in [3.63, 3.8) is 0 Å². The fourth-order valence-corrected chi connectivity index (χ4v) is 3.59. The van der Waals surface area contributed by atoms with Crippen LogP contribution >= 0.6 is 0 Å². The fraction of sp³-hybridized carbons (Fsp3) is 0.600. The number of aliphatic hydroxyl groups excluding tert-OH is 1. The second kappa shape index (κ2) is 8.64. The number of hydrogen-bond acceptors (Lipinski definition) is 5. The van der Waals surface area contributed by atoms with Gasteiger partial charge in [-0.3, -0.25) is 4.90 Å². The molecule has 1 N–H and O–H groups in total. The lowest BCUT2D eigenvalue weighted by atomic mass is 9.91. The molecule has 0 amide bonds. The number of benzene rings is 1. The van der Waals surface area contributed by atoms with Gasteiger partial charge in [-0.2, -0.15) is 0 Å². The van der Waals surface area contributed by atoms with E-state index in [4.69, 9.17) is 4.74 Å². The zero-order valence-corrected chi connectivity index (χ0v) is 16.0. The summed E-state index contributed by atoms with van der Waals surface area (Å²) in [5, 5.41) is 18.5. The molecule has 1 saturated carbocycles. The van der Waals surface area contributed by atoms with Crippen LogP contribution in [0.25, 0.3) is 0 Å². The monoisotopic (exact) mass is 358 g/mol. The topological polar surface area (TPSA) is 63.4 Å². The zero-order valence-electron chi connectivity index (χ0n) is 16.0. The normalized spacial score (nSPS) is 20.7. The number of nitrogens with zero attached hydrogens (tertiary/aromatic N) is 4. The van der Waals surface area contributed by atoms with Crippen LogP contribution in [0, 0.1) is 0 Å². The number of aromatic nitrogens is 3. The molecule has 1 aromatic carbocycles. The van der Waals surface area contributed by atoms with E-state index in [0.717, 1.165) is 50.2 Å². The van der Waals surface area contributed by atoms with Crippen molar-refractivity contribution < 1.29 is 9.84 Å². The van der Waals surface area contributed by atoms with Crippen LogP contribution in [0.3, 0.4) is 0 Å². The van der Waals surface area contributed by atoms with E-state index in [-0.39, 0.29) is 6.10 Å². The summed E-state index contributed by atoms with van der Waals surface area (Å²) in [6.07, 6.45) is 5.68. The fourth-order valence-electron chi connectivity index (χ4n) is 3.59. The van der Waals surface area contributed by atoms with Crippen LogP contribution in [-0.4, -0.2) is 44.3 Å². The SMILES string of the molecule is COc1cccc(CN(Cc2cn(C(C)C)nn2)C2CCC(O)CC2)c1. The van der Waals surface area contributed by atoms with Gasteiger partial charge in [-0.1, -0.05) is 17.3 Å². The summed E-state index contributed by atoms with van der Waals surface area (Å²) in [4.78, 5) is 2.47. The Morgan fingerprint density at radius 1 is 1.23 bits per heavy atom. The van der Waals surface area contributed by atoms with E-state index in [9.17, 15) is 5.11 Å². The van der Waals surface area contributed by atoms with Crippen molar-refractivity contribution in [2.75, 3.05) is 7.11 Å². The lowest BCUT2D eigenvalue weighted by Gasteiger charge is -2.35. The van der Waals surface area contributed by atoms with Crippen molar-refractivity contribution in [3.05, 3.63) is 41.7 Å². The first kappa shape index (κ1) is 18.9. The van der Waals surface area contributed by atoms with E-state index in [1.165, 1.54) is 5.56 Å². The first-order valence-electron chi connectivity index (χ1n) is 9.51. The van der Waals surface area contributed by atoms with E-state index in [0.29, 0.717) is 12.1 Å². The molecule has 2 aromatic rings. The van der Waals surface area contributed by atoms with E-state index in [2.05, 4.69) is 41.2 Å². The number of aliphatic hydroxyl groups is 1. The number of hydrogen-bond donors (Lipinski definition) is 1. The highest BCUT2D eigenvalue weighted by molar-refractivity contribution is 5.28. The van der Waals surface area contributed by atoms with E-state index in [1.54, 1.807) is 7.11 Å². The van der Waals surface area contributed by atoms with Crippen molar-refractivity contribution >= 4 is 0 Å². The first-order valence-corrected chi connectivity index (χ1v) is 9.51. The molecular weight excluding hydrogens is 328 g/mol. The summed E-state index contributed by atoms with van der Waals surface area (Å²) >= 11 is 0. The van der Waals surface area contributed by atoms with E-state index >= 15 is 0 Å². The standard InChI is InChI=1S/C20H30N4O2/c1-15(2)24-14-17(21-22-24)13-23(18-7-9-19(25)10-8-18)12-16-5-4-6-20(11-16)26-3/h4-6,11,14-15,18-19,25H,7-10,12-13H2,1-3H3. The summed E-state index contributed by atoms with van der Waals surface area (Å²) in [5.41, 5.74) is 2.22. The van der Waals surface area contributed by atoms with Crippen molar-refractivity contribution in [1.82, 2.24) is 19.9 Å². The Kier molecular flexibility index (Phi) is 6.27. The summed E-state index contributed by atoms with van der Waals surface area (Å²) < 4.78 is 7.27. The van der Waals surface area contributed by atoms with Crippen molar-refractivity contribution in [2.45, 2.75) is 70.8 Å². The highest BCUT2D eigenvalue weighted by atomic mass is 16.5. The average molecular weight is 358 g/mol. The van der Waals surface area contributed by atoms with Crippen LogP contribution in [-0.2, 0) is 13.1 Å². The van der Waals surface area contributed by atoms with Gasteiger partial charge in [0.1, 0.15) is 5.75 Å². The molecule has 1 aliphatic carbocycles. The van der Waals surface area contributed by atoms with Crippen LogP contribution in [0.1, 0.15) is 56.8 Å². The Bertz CT molecular complexity index is 693. The van der Waals surface area contributed by atoms with Crippen LogP contribution in [0.5, 0.6) is 5.75 Å². The lowest BCUT2D eigenvalue weighted by Crippen LogP contribution is -2.38. The maximum atomic E-state index is 9.86. The van der Waals surface area contributed by atoms with Gasteiger partial charge < -0.3 is 9.84 Å². The molecule has 142 valence electrons. The number of rotatable bonds is 7. The summed E-state index contributed by atoms with van der Waals surface area (Å²) in [6, 6.07) is 9.00. The molecular formula is C20H30N4O2. The zero-order chi connectivity index (χ0) is 18.5. The molecule has 1 aromatic heterocycles. The van der Waals surface area contributed by atoms with E-state index in [1.807, 2.05) is 23.0 Å². The van der Waals surface area contributed by atoms with Crippen molar-refractivity contribution in [3.8, 4) is 5.75 Å². The second-order valence-electron chi connectivity index (χ2n) is 7.50. The maximum Gasteiger partial charge on any atom is 0.119 e. The molecule has 0 spiro atoms. The van der Waals surface area contributed by atoms with Crippen LogP contribution in [0.4, 0.5) is 0 Å². The average Bonchev–Trinajstić information content (AvgIpc) is 3.11. The summed E-state index contributed by atoms with van der Waals surface area (Å²) in [5.74, 6) is 0.882. The Morgan fingerprint density at radius 3 is 2.65 bits per heavy atom. The maximum absolute atomic E-state index is 9.86. The Labute approximate surface area is 155 Å². The third-order valence-corrected chi connectivity index (χ3v) is 5.15.